The average Bonchev–Trinajstić information content (AvgIpc) is 3.07. The largest absolute Gasteiger partial charge is 0.462 e. The molecule has 3 heterocycles. The van der Waals surface area contributed by atoms with E-state index in [0.717, 1.165) is 16.8 Å². The van der Waals surface area contributed by atoms with Gasteiger partial charge in [0.05, 0.1) is 29.5 Å². The third kappa shape index (κ3) is 2.10. The zero-order valence-corrected chi connectivity index (χ0v) is 11.1. The second-order valence-electron chi connectivity index (χ2n) is 3.90. The lowest BCUT2D eigenvalue weighted by Gasteiger charge is -2.01. The molecule has 0 bridgehead atoms. The van der Waals surface area contributed by atoms with Crippen LogP contribution in [0, 0.1) is 0 Å². The summed E-state index contributed by atoms with van der Waals surface area (Å²) in [6.45, 7) is 2.14. The number of carbonyl (C=O) groups is 1. The monoisotopic (exact) mass is 273 g/mol. The molecule has 0 saturated carbocycles. The van der Waals surface area contributed by atoms with E-state index in [4.69, 9.17) is 4.74 Å². The highest BCUT2D eigenvalue weighted by atomic mass is 32.1. The van der Waals surface area contributed by atoms with E-state index in [1.54, 1.807) is 28.3 Å². The number of rotatable bonds is 3. The topological polar surface area (TPSA) is 56.5 Å². The summed E-state index contributed by atoms with van der Waals surface area (Å²) in [5.74, 6) is -0.348. The van der Waals surface area contributed by atoms with Gasteiger partial charge >= 0.3 is 5.97 Å². The Kier molecular flexibility index (Phi) is 3.00. The summed E-state index contributed by atoms with van der Waals surface area (Å²) in [4.78, 5) is 16.0. The molecule has 96 valence electrons. The fourth-order valence-electron chi connectivity index (χ4n) is 1.86. The number of aromatic nitrogens is 3. The summed E-state index contributed by atoms with van der Waals surface area (Å²) >= 11 is 1.54. The second-order valence-corrected chi connectivity index (χ2v) is 4.62. The number of hydrogen-bond donors (Lipinski definition) is 0. The lowest BCUT2D eigenvalue weighted by Crippen LogP contribution is -2.03. The number of nitrogens with zero attached hydrogens (tertiary/aromatic N) is 3. The van der Waals surface area contributed by atoms with Crippen LogP contribution in [0.3, 0.4) is 0 Å². The molecular formula is C13H11N3O2S. The second kappa shape index (κ2) is 4.81. The van der Waals surface area contributed by atoms with Crippen molar-refractivity contribution in [1.29, 1.82) is 0 Å². The maximum Gasteiger partial charge on any atom is 0.341 e. The molecule has 0 N–H and O–H groups in total. The Hall–Kier alpha value is -2.21. The number of thiazole rings is 1. The van der Waals surface area contributed by atoms with Crippen molar-refractivity contribution in [3.8, 4) is 11.3 Å². The smallest absolute Gasteiger partial charge is 0.341 e. The van der Waals surface area contributed by atoms with Gasteiger partial charge < -0.3 is 4.74 Å². The van der Waals surface area contributed by atoms with Gasteiger partial charge in [-0.05, 0) is 19.1 Å². The molecule has 0 spiro atoms. The van der Waals surface area contributed by atoms with Crippen LogP contribution in [0.2, 0.25) is 0 Å². The quantitative estimate of drug-likeness (QED) is 0.688. The molecule has 0 fully saturated rings. The lowest BCUT2D eigenvalue weighted by atomic mass is 10.2. The summed E-state index contributed by atoms with van der Waals surface area (Å²) in [6, 6.07) is 3.78. The highest BCUT2D eigenvalue weighted by Crippen LogP contribution is 2.21. The molecule has 5 nitrogen and oxygen atoms in total. The molecule has 3 aromatic heterocycles. The minimum Gasteiger partial charge on any atom is -0.462 e. The van der Waals surface area contributed by atoms with Crippen LogP contribution >= 0.6 is 11.3 Å². The van der Waals surface area contributed by atoms with Gasteiger partial charge in [0, 0.05) is 17.1 Å². The van der Waals surface area contributed by atoms with Gasteiger partial charge in [0.25, 0.3) is 0 Å². The first kappa shape index (κ1) is 11.9. The first-order valence-corrected chi connectivity index (χ1v) is 6.77. The van der Waals surface area contributed by atoms with Gasteiger partial charge in [0.2, 0.25) is 0 Å². The van der Waals surface area contributed by atoms with Gasteiger partial charge in [-0.3, -0.25) is 0 Å². The van der Waals surface area contributed by atoms with Crippen LogP contribution in [0.4, 0.5) is 0 Å². The van der Waals surface area contributed by atoms with Crippen LogP contribution in [-0.4, -0.2) is 27.2 Å². The van der Waals surface area contributed by atoms with E-state index in [0.29, 0.717) is 12.2 Å². The molecule has 6 heteroatoms. The van der Waals surface area contributed by atoms with Crippen LogP contribution in [0.15, 0.2) is 35.4 Å². The Labute approximate surface area is 113 Å². The standard InChI is InChI=1S/C13H11N3O2S/c1-2-18-13(17)10-5-15-16-6-9(3-4-12(10)16)11-7-19-8-14-11/h3-8H,2H2,1H3. The molecule has 0 aromatic carbocycles. The van der Waals surface area contributed by atoms with Crippen molar-refractivity contribution in [2.24, 2.45) is 0 Å². The van der Waals surface area contributed by atoms with E-state index < -0.39 is 0 Å². The number of ether oxygens (including phenoxy) is 1. The van der Waals surface area contributed by atoms with Gasteiger partial charge in [-0.15, -0.1) is 11.3 Å². The molecule has 0 radical (unpaired) electrons. The molecule has 0 aliphatic carbocycles. The average molecular weight is 273 g/mol. The van der Waals surface area contributed by atoms with E-state index in [1.165, 1.54) is 6.20 Å². The first-order valence-electron chi connectivity index (χ1n) is 5.82. The Morgan fingerprint density at radius 1 is 1.47 bits per heavy atom. The van der Waals surface area contributed by atoms with Crippen molar-refractivity contribution in [1.82, 2.24) is 14.6 Å². The normalized spacial score (nSPS) is 10.8. The summed E-state index contributed by atoms with van der Waals surface area (Å²) in [7, 11) is 0. The van der Waals surface area contributed by atoms with Crippen LogP contribution in [0.25, 0.3) is 16.8 Å². The first-order chi connectivity index (χ1) is 9.29. The zero-order chi connectivity index (χ0) is 13.2. The minimum atomic E-state index is -0.348. The fraction of sp³-hybridized carbons (Fsp3) is 0.154. The Balaban J connectivity index is 2.05. The van der Waals surface area contributed by atoms with E-state index in [9.17, 15) is 4.79 Å². The minimum absolute atomic E-state index is 0.348. The van der Waals surface area contributed by atoms with Crippen LogP contribution in [-0.2, 0) is 4.74 Å². The predicted molar refractivity (Wildman–Crippen MR) is 72.3 cm³/mol. The Morgan fingerprint density at radius 2 is 2.37 bits per heavy atom. The SMILES string of the molecule is CCOC(=O)c1cnn2cc(-c3cscn3)ccc12. The highest BCUT2D eigenvalue weighted by Gasteiger charge is 2.14. The van der Waals surface area contributed by atoms with Gasteiger partial charge in [-0.2, -0.15) is 5.10 Å². The molecule has 19 heavy (non-hydrogen) atoms. The maximum absolute atomic E-state index is 11.7. The summed E-state index contributed by atoms with van der Waals surface area (Å²) in [6.07, 6.45) is 3.38. The van der Waals surface area contributed by atoms with Crippen molar-refractivity contribution in [3.05, 3.63) is 41.0 Å². The molecule has 0 atom stereocenters. The molecule has 3 aromatic rings. The van der Waals surface area contributed by atoms with Crippen molar-refractivity contribution in [3.63, 3.8) is 0 Å². The highest BCUT2D eigenvalue weighted by molar-refractivity contribution is 7.07. The zero-order valence-electron chi connectivity index (χ0n) is 10.2. The van der Waals surface area contributed by atoms with Crippen molar-refractivity contribution in [2.45, 2.75) is 6.92 Å². The third-order valence-corrected chi connectivity index (χ3v) is 3.33. The van der Waals surface area contributed by atoms with Crippen molar-refractivity contribution >= 4 is 22.8 Å². The molecule has 0 amide bonds. The van der Waals surface area contributed by atoms with Gasteiger partial charge in [0.15, 0.2) is 0 Å². The predicted octanol–water partition coefficient (Wildman–Crippen LogP) is 2.63. The van der Waals surface area contributed by atoms with E-state index in [-0.39, 0.29) is 5.97 Å². The van der Waals surface area contributed by atoms with E-state index in [2.05, 4.69) is 10.1 Å². The van der Waals surface area contributed by atoms with Crippen LogP contribution in [0.1, 0.15) is 17.3 Å². The number of carbonyl (C=O) groups excluding carboxylic acids is 1. The molecule has 0 saturated heterocycles. The Morgan fingerprint density at radius 3 is 3.11 bits per heavy atom. The molecule has 0 unspecified atom stereocenters. The molecule has 0 aliphatic rings. The number of esters is 1. The van der Waals surface area contributed by atoms with Crippen LogP contribution < -0.4 is 0 Å². The maximum atomic E-state index is 11.7. The van der Waals surface area contributed by atoms with Crippen LogP contribution in [0.5, 0.6) is 0 Å². The summed E-state index contributed by atoms with van der Waals surface area (Å²) in [5, 5.41) is 6.15. The van der Waals surface area contributed by atoms with E-state index in [1.807, 2.05) is 23.7 Å². The van der Waals surface area contributed by atoms with Gasteiger partial charge in [0.1, 0.15) is 5.56 Å². The van der Waals surface area contributed by atoms with Crippen molar-refractivity contribution < 1.29 is 9.53 Å². The third-order valence-electron chi connectivity index (χ3n) is 2.74. The summed E-state index contributed by atoms with van der Waals surface area (Å²) < 4.78 is 6.66. The fourth-order valence-corrected chi connectivity index (χ4v) is 2.42. The number of fused-ring (bicyclic) bond motifs is 1. The summed E-state index contributed by atoms with van der Waals surface area (Å²) in [5.41, 5.74) is 4.86. The Bertz CT molecular complexity index is 719. The molecule has 3 rings (SSSR count). The van der Waals surface area contributed by atoms with Gasteiger partial charge in [-0.1, -0.05) is 0 Å². The van der Waals surface area contributed by atoms with E-state index >= 15 is 0 Å². The van der Waals surface area contributed by atoms with Crippen molar-refractivity contribution in [2.75, 3.05) is 6.61 Å². The van der Waals surface area contributed by atoms with Gasteiger partial charge in [-0.25, -0.2) is 14.3 Å². The lowest BCUT2D eigenvalue weighted by molar-refractivity contribution is 0.0528. The number of pyridine rings is 1. The molecule has 0 aliphatic heterocycles. The molecular weight excluding hydrogens is 262 g/mol. The number of hydrogen-bond acceptors (Lipinski definition) is 5.